The zero-order valence-corrected chi connectivity index (χ0v) is 14.2. The Kier molecular flexibility index (Phi) is 5.23. The van der Waals surface area contributed by atoms with Crippen LogP contribution in [0.15, 0.2) is 53.4 Å². The maximum atomic E-state index is 12.2. The third-order valence-corrected chi connectivity index (χ3v) is 5.06. The quantitative estimate of drug-likeness (QED) is 0.915. The lowest BCUT2D eigenvalue weighted by molar-refractivity contribution is -0.119. The van der Waals surface area contributed by atoms with Gasteiger partial charge in [-0.2, -0.15) is 0 Å². The molecule has 1 heterocycles. The highest BCUT2D eigenvalue weighted by molar-refractivity contribution is 7.99. The van der Waals surface area contributed by atoms with Crippen molar-refractivity contribution in [2.75, 3.05) is 30.3 Å². The Morgan fingerprint density at radius 3 is 2.78 bits per heavy atom. The molecular weight excluding hydrogens is 304 g/mol. The zero-order valence-electron chi connectivity index (χ0n) is 13.4. The molecule has 2 aromatic carbocycles. The number of nitrogens with one attached hydrogen (secondary N) is 1. The third-order valence-electron chi connectivity index (χ3n) is 4.02. The van der Waals surface area contributed by atoms with Crippen LogP contribution < -0.4 is 10.2 Å². The normalized spacial score (nSPS) is 13.5. The summed E-state index contributed by atoms with van der Waals surface area (Å²) in [6, 6.07) is 16.8. The molecule has 0 unspecified atom stereocenters. The van der Waals surface area contributed by atoms with Crippen LogP contribution in [-0.4, -0.2) is 31.3 Å². The molecule has 0 aromatic heterocycles. The fourth-order valence-corrected chi connectivity index (χ4v) is 3.77. The molecule has 3 rings (SSSR count). The molecule has 0 saturated carbocycles. The summed E-state index contributed by atoms with van der Waals surface area (Å²) in [7, 11) is 0. The molecule has 3 nitrogen and oxygen atoms in total. The summed E-state index contributed by atoms with van der Waals surface area (Å²) in [6.45, 7) is 4.13. The Bertz CT molecular complexity index is 669. The average molecular weight is 326 g/mol. The van der Waals surface area contributed by atoms with Crippen molar-refractivity contribution in [3.05, 3.63) is 59.7 Å². The van der Waals surface area contributed by atoms with Gasteiger partial charge in [0, 0.05) is 23.7 Å². The van der Waals surface area contributed by atoms with Gasteiger partial charge in [0.25, 0.3) is 0 Å². The van der Waals surface area contributed by atoms with Crippen LogP contribution in [-0.2, 0) is 11.2 Å². The topological polar surface area (TPSA) is 32.3 Å². The molecule has 0 bridgehead atoms. The second-order valence-corrected chi connectivity index (χ2v) is 6.96. The smallest absolute Gasteiger partial charge is 0.239 e. The standard InChI is InChI=1S/C19H22N2OS/c1-15-6-8-16(9-7-15)10-11-20-19(22)14-21-12-13-23-18-5-3-2-4-17(18)21/h2-9H,10-14H2,1H3,(H,20,22). The molecule has 0 saturated heterocycles. The third kappa shape index (κ3) is 4.29. The Labute approximate surface area is 142 Å². The molecule has 1 aliphatic heterocycles. The summed E-state index contributed by atoms with van der Waals surface area (Å²) >= 11 is 1.86. The van der Waals surface area contributed by atoms with Crippen LogP contribution in [0.5, 0.6) is 0 Å². The lowest BCUT2D eigenvalue weighted by Gasteiger charge is -2.30. The minimum absolute atomic E-state index is 0.0961. The second-order valence-electron chi connectivity index (χ2n) is 5.82. The predicted octanol–water partition coefficient (Wildman–Crippen LogP) is 3.27. The van der Waals surface area contributed by atoms with Crippen molar-refractivity contribution in [2.45, 2.75) is 18.2 Å². The highest BCUT2D eigenvalue weighted by Crippen LogP contribution is 2.33. The second kappa shape index (κ2) is 7.55. The first-order valence-corrected chi connectivity index (χ1v) is 9.00. The molecule has 1 N–H and O–H groups in total. The molecule has 1 aliphatic rings. The van der Waals surface area contributed by atoms with Gasteiger partial charge >= 0.3 is 0 Å². The van der Waals surface area contributed by atoms with Crippen molar-refractivity contribution < 1.29 is 4.79 Å². The van der Waals surface area contributed by atoms with E-state index in [2.05, 4.69) is 59.6 Å². The SMILES string of the molecule is Cc1ccc(CCNC(=O)CN2CCSc3ccccc32)cc1. The van der Waals surface area contributed by atoms with Gasteiger partial charge in [0.15, 0.2) is 0 Å². The van der Waals surface area contributed by atoms with E-state index in [1.54, 1.807) is 0 Å². The molecule has 0 radical (unpaired) electrons. The van der Waals surface area contributed by atoms with Crippen molar-refractivity contribution >= 4 is 23.4 Å². The van der Waals surface area contributed by atoms with E-state index in [0.717, 1.165) is 18.7 Å². The Morgan fingerprint density at radius 2 is 1.96 bits per heavy atom. The molecule has 0 atom stereocenters. The molecule has 0 aliphatic carbocycles. The van der Waals surface area contributed by atoms with E-state index in [0.29, 0.717) is 13.1 Å². The number of rotatable bonds is 5. The average Bonchev–Trinajstić information content (AvgIpc) is 2.57. The number of fused-ring (bicyclic) bond motifs is 1. The lowest BCUT2D eigenvalue weighted by Crippen LogP contribution is -2.40. The number of anilines is 1. The van der Waals surface area contributed by atoms with E-state index in [4.69, 9.17) is 0 Å². The number of para-hydroxylation sites is 1. The maximum Gasteiger partial charge on any atom is 0.239 e. The van der Waals surface area contributed by atoms with Crippen LogP contribution in [0.2, 0.25) is 0 Å². The van der Waals surface area contributed by atoms with Crippen molar-refractivity contribution in [3.63, 3.8) is 0 Å². The number of carbonyl (C=O) groups is 1. The van der Waals surface area contributed by atoms with Gasteiger partial charge in [-0.15, -0.1) is 11.8 Å². The zero-order chi connectivity index (χ0) is 16.1. The number of thioether (sulfide) groups is 1. The van der Waals surface area contributed by atoms with Gasteiger partial charge in [0.1, 0.15) is 0 Å². The Morgan fingerprint density at radius 1 is 1.17 bits per heavy atom. The minimum atomic E-state index is 0.0961. The van der Waals surface area contributed by atoms with Crippen LogP contribution in [0.3, 0.4) is 0 Å². The summed E-state index contributed by atoms with van der Waals surface area (Å²) < 4.78 is 0. The highest BCUT2D eigenvalue weighted by atomic mass is 32.2. The van der Waals surface area contributed by atoms with E-state index < -0.39 is 0 Å². The van der Waals surface area contributed by atoms with Gasteiger partial charge < -0.3 is 10.2 Å². The fraction of sp³-hybridized carbons (Fsp3) is 0.316. The molecular formula is C19H22N2OS. The van der Waals surface area contributed by atoms with Gasteiger partial charge in [0.05, 0.1) is 12.2 Å². The molecule has 2 aromatic rings. The Hall–Kier alpha value is -1.94. The molecule has 0 fully saturated rings. The fourth-order valence-electron chi connectivity index (χ4n) is 2.72. The number of benzene rings is 2. The van der Waals surface area contributed by atoms with Crippen LogP contribution in [0.1, 0.15) is 11.1 Å². The number of hydrogen-bond donors (Lipinski definition) is 1. The summed E-state index contributed by atoms with van der Waals surface area (Å²) in [5.74, 6) is 1.13. The van der Waals surface area contributed by atoms with E-state index in [-0.39, 0.29) is 5.91 Å². The monoisotopic (exact) mass is 326 g/mol. The Balaban J connectivity index is 1.49. The van der Waals surface area contributed by atoms with Crippen LogP contribution in [0, 0.1) is 6.92 Å². The van der Waals surface area contributed by atoms with E-state index in [9.17, 15) is 4.79 Å². The first-order chi connectivity index (χ1) is 11.2. The minimum Gasteiger partial charge on any atom is -0.360 e. The molecule has 4 heteroatoms. The molecule has 120 valence electrons. The van der Waals surface area contributed by atoms with Gasteiger partial charge in [0.2, 0.25) is 5.91 Å². The van der Waals surface area contributed by atoms with Gasteiger partial charge in [-0.25, -0.2) is 0 Å². The van der Waals surface area contributed by atoms with Crippen molar-refractivity contribution in [2.24, 2.45) is 0 Å². The van der Waals surface area contributed by atoms with E-state index in [1.807, 2.05) is 17.8 Å². The van der Waals surface area contributed by atoms with Crippen molar-refractivity contribution in [1.82, 2.24) is 5.32 Å². The van der Waals surface area contributed by atoms with E-state index in [1.165, 1.54) is 21.7 Å². The van der Waals surface area contributed by atoms with E-state index >= 15 is 0 Å². The van der Waals surface area contributed by atoms with Crippen molar-refractivity contribution in [3.8, 4) is 0 Å². The lowest BCUT2D eigenvalue weighted by atomic mass is 10.1. The van der Waals surface area contributed by atoms with Gasteiger partial charge in [-0.05, 0) is 31.0 Å². The maximum absolute atomic E-state index is 12.2. The molecule has 0 spiro atoms. The summed E-state index contributed by atoms with van der Waals surface area (Å²) in [5, 5.41) is 3.04. The number of aryl methyl sites for hydroxylation is 1. The first-order valence-electron chi connectivity index (χ1n) is 8.01. The molecule has 23 heavy (non-hydrogen) atoms. The first kappa shape index (κ1) is 15.9. The largest absolute Gasteiger partial charge is 0.360 e. The number of nitrogens with zero attached hydrogens (tertiary/aromatic N) is 1. The van der Waals surface area contributed by atoms with Crippen LogP contribution in [0.4, 0.5) is 5.69 Å². The predicted molar refractivity (Wildman–Crippen MR) is 97.3 cm³/mol. The number of amides is 1. The van der Waals surface area contributed by atoms with Crippen molar-refractivity contribution in [1.29, 1.82) is 0 Å². The van der Waals surface area contributed by atoms with Gasteiger partial charge in [-0.3, -0.25) is 4.79 Å². The molecule has 1 amide bonds. The highest BCUT2D eigenvalue weighted by Gasteiger charge is 2.18. The summed E-state index contributed by atoms with van der Waals surface area (Å²) in [5.41, 5.74) is 3.70. The summed E-state index contributed by atoms with van der Waals surface area (Å²) in [4.78, 5) is 15.6. The van der Waals surface area contributed by atoms with Gasteiger partial charge in [-0.1, -0.05) is 42.0 Å². The van der Waals surface area contributed by atoms with Crippen LogP contribution in [0.25, 0.3) is 0 Å². The summed E-state index contributed by atoms with van der Waals surface area (Å²) in [6.07, 6.45) is 0.873. The van der Waals surface area contributed by atoms with Crippen LogP contribution >= 0.6 is 11.8 Å². The number of hydrogen-bond acceptors (Lipinski definition) is 3. The number of carbonyl (C=O) groups excluding carboxylic acids is 1.